The van der Waals surface area contributed by atoms with Crippen LogP contribution in [0.3, 0.4) is 0 Å². The van der Waals surface area contributed by atoms with Crippen LogP contribution >= 0.6 is 35.4 Å². The van der Waals surface area contributed by atoms with E-state index in [0.29, 0.717) is 14.8 Å². The summed E-state index contributed by atoms with van der Waals surface area (Å²) in [5.74, 6) is 0. The van der Waals surface area contributed by atoms with E-state index in [-0.39, 0.29) is 0 Å². The van der Waals surface area contributed by atoms with Gasteiger partial charge in [-0.25, -0.2) is 0 Å². The van der Waals surface area contributed by atoms with Crippen LogP contribution in [0, 0.1) is 18.6 Å². The van der Waals surface area contributed by atoms with E-state index in [9.17, 15) is 0 Å². The van der Waals surface area contributed by atoms with Crippen LogP contribution in [-0.2, 0) is 0 Å². The molecule has 0 bridgehead atoms. The summed E-state index contributed by atoms with van der Waals surface area (Å²) < 4.78 is 2.61. The first-order valence-electron chi connectivity index (χ1n) is 6.14. The summed E-state index contributed by atoms with van der Waals surface area (Å²) >= 11 is 17.6. The summed E-state index contributed by atoms with van der Waals surface area (Å²) in [5, 5.41) is 1.04. The molecule has 3 rings (SSSR count). The third-order valence-electron chi connectivity index (χ3n) is 3.19. The molecule has 0 atom stereocenters. The second-order valence-electron chi connectivity index (χ2n) is 4.89. The predicted octanol–water partition coefficient (Wildman–Crippen LogP) is 5.61. The number of benzene rings is 2. The van der Waals surface area contributed by atoms with Crippen molar-refractivity contribution in [3.05, 3.63) is 56.3 Å². The zero-order valence-electron chi connectivity index (χ0n) is 11.0. The van der Waals surface area contributed by atoms with E-state index in [1.807, 2.05) is 10.6 Å². The molecule has 102 valence electrons. The quantitative estimate of drug-likeness (QED) is 0.577. The number of aromatic nitrogens is 2. The van der Waals surface area contributed by atoms with E-state index >= 15 is 0 Å². The lowest BCUT2D eigenvalue weighted by Gasteiger charge is -2.08. The monoisotopic (exact) mass is 322 g/mol. The zero-order chi connectivity index (χ0) is 14.4. The molecule has 0 aliphatic rings. The molecule has 0 saturated carbocycles. The number of hydrogen-bond acceptors (Lipinski definition) is 1. The molecule has 0 fully saturated rings. The molecular weight excluding hydrogens is 311 g/mol. The van der Waals surface area contributed by atoms with Crippen LogP contribution < -0.4 is 0 Å². The van der Waals surface area contributed by atoms with Gasteiger partial charge in [-0.05, 0) is 61.5 Å². The summed E-state index contributed by atoms with van der Waals surface area (Å²) in [6.45, 7) is 4.14. The number of fused-ring (bicyclic) bond motifs is 1. The number of rotatable bonds is 1. The van der Waals surface area contributed by atoms with E-state index in [4.69, 9.17) is 35.4 Å². The van der Waals surface area contributed by atoms with Gasteiger partial charge in [0.15, 0.2) is 4.77 Å². The van der Waals surface area contributed by atoms with Crippen LogP contribution in [0.15, 0.2) is 30.3 Å². The first-order valence-corrected chi connectivity index (χ1v) is 7.30. The Hall–Kier alpha value is -1.29. The lowest BCUT2D eigenvalue weighted by Crippen LogP contribution is -1.95. The lowest BCUT2D eigenvalue weighted by atomic mass is 10.1. The molecule has 0 spiro atoms. The van der Waals surface area contributed by atoms with Crippen LogP contribution in [0.1, 0.15) is 11.1 Å². The van der Waals surface area contributed by atoms with Crippen LogP contribution in [-0.4, -0.2) is 9.55 Å². The predicted molar refractivity (Wildman–Crippen MR) is 88.0 cm³/mol. The molecule has 20 heavy (non-hydrogen) atoms. The van der Waals surface area contributed by atoms with E-state index in [2.05, 4.69) is 37.0 Å². The maximum atomic E-state index is 6.13. The van der Waals surface area contributed by atoms with Crippen molar-refractivity contribution in [2.45, 2.75) is 13.8 Å². The molecule has 5 heteroatoms. The fourth-order valence-electron chi connectivity index (χ4n) is 2.44. The van der Waals surface area contributed by atoms with Crippen molar-refractivity contribution in [2.75, 3.05) is 0 Å². The van der Waals surface area contributed by atoms with Crippen LogP contribution in [0.2, 0.25) is 10.0 Å². The van der Waals surface area contributed by atoms with Gasteiger partial charge in [-0.2, -0.15) is 0 Å². The third-order valence-corrected chi connectivity index (χ3v) is 4.20. The minimum atomic E-state index is 0.517. The van der Waals surface area contributed by atoms with Gasteiger partial charge < -0.3 is 4.98 Å². The van der Waals surface area contributed by atoms with Crippen LogP contribution in [0.4, 0.5) is 0 Å². The molecule has 1 N–H and O–H groups in total. The van der Waals surface area contributed by atoms with Gasteiger partial charge in [-0.15, -0.1) is 0 Å². The number of H-pyrrole nitrogens is 1. The summed E-state index contributed by atoms with van der Waals surface area (Å²) in [6, 6.07) is 9.96. The number of nitrogens with one attached hydrogen (secondary N) is 1. The highest BCUT2D eigenvalue weighted by molar-refractivity contribution is 7.71. The van der Waals surface area contributed by atoms with Gasteiger partial charge in [0.1, 0.15) is 0 Å². The molecule has 2 aromatic carbocycles. The average molecular weight is 323 g/mol. The Balaban J connectivity index is 2.38. The first-order chi connectivity index (χ1) is 9.45. The summed E-state index contributed by atoms with van der Waals surface area (Å²) in [4.78, 5) is 3.17. The molecule has 3 aromatic rings. The Morgan fingerprint density at radius 1 is 0.950 bits per heavy atom. The Morgan fingerprint density at radius 3 is 2.20 bits per heavy atom. The maximum Gasteiger partial charge on any atom is 0.182 e. The Morgan fingerprint density at radius 2 is 1.55 bits per heavy atom. The SMILES string of the molecule is Cc1cc(C)cc(-n2c(=S)[nH]c3cc(Cl)c(Cl)cc32)c1. The summed E-state index contributed by atoms with van der Waals surface area (Å²) in [6.07, 6.45) is 0. The van der Waals surface area contributed by atoms with E-state index in [0.717, 1.165) is 16.7 Å². The number of nitrogens with zero attached hydrogens (tertiary/aromatic N) is 1. The third kappa shape index (κ3) is 2.26. The highest BCUT2D eigenvalue weighted by Gasteiger charge is 2.10. The zero-order valence-corrected chi connectivity index (χ0v) is 13.3. The van der Waals surface area contributed by atoms with Gasteiger partial charge >= 0.3 is 0 Å². The van der Waals surface area contributed by atoms with Gasteiger partial charge in [0.05, 0.1) is 21.1 Å². The maximum absolute atomic E-state index is 6.13. The molecule has 0 radical (unpaired) electrons. The number of hydrogen-bond donors (Lipinski definition) is 1. The smallest absolute Gasteiger partial charge is 0.182 e. The number of halogens is 2. The minimum Gasteiger partial charge on any atom is -0.330 e. The van der Waals surface area contributed by atoms with E-state index in [1.54, 1.807) is 6.07 Å². The Bertz CT molecular complexity index is 857. The van der Waals surface area contributed by atoms with E-state index < -0.39 is 0 Å². The molecular formula is C15H12Cl2N2S. The van der Waals surface area contributed by atoms with Crippen molar-refractivity contribution in [1.29, 1.82) is 0 Å². The molecule has 0 aliphatic carbocycles. The number of aryl methyl sites for hydroxylation is 2. The molecule has 1 heterocycles. The molecule has 0 aliphatic heterocycles. The second-order valence-corrected chi connectivity index (χ2v) is 6.10. The molecule has 0 saturated heterocycles. The fraction of sp³-hybridized carbons (Fsp3) is 0.133. The molecule has 1 aromatic heterocycles. The van der Waals surface area contributed by atoms with E-state index in [1.165, 1.54) is 11.1 Å². The van der Waals surface area contributed by atoms with Crippen LogP contribution in [0.5, 0.6) is 0 Å². The number of aromatic amines is 1. The van der Waals surface area contributed by atoms with Gasteiger partial charge in [0.2, 0.25) is 0 Å². The standard InChI is InChI=1S/C15H12Cl2N2S/c1-8-3-9(2)5-10(4-8)19-14-7-12(17)11(16)6-13(14)18-15(19)20/h3-7H,1-2H3,(H,18,20). The van der Waals surface area contributed by atoms with Crippen LogP contribution in [0.25, 0.3) is 16.7 Å². The highest BCUT2D eigenvalue weighted by atomic mass is 35.5. The van der Waals surface area contributed by atoms with Crippen molar-refractivity contribution >= 4 is 46.5 Å². The highest BCUT2D eigenvalue weighted by Crippen LogP contribution is 2.29. The number of imidazole rings is 1. The van der Waals surface area contributed by atoms with Gasteiger partial charge in [0.25, 0.3) is 0 Å². The first kappa shape index (κ1) is 13.7. The topological polar surface area (TPSA) is 20.7 Å². The molecule has 2 nitrogen and oxygen atoms in total. The second kappa shape index (κ2) is 4.92. The normalized spacial score (nSPS) is 11.2. The minimum absolute atomic E-state index is 0.517. The van der Waals surface area contributed by atoms with Gasteiger partial charge in [-0.1, -0.05) is 29.3 Å². The largest absolute Gasteiger partial charge is 0.330 e. The Kier molecular flexibility index (Phi) is 3.36. The van der Waals surface area contributed by atoms with Crippen molar-refractivity contribution in [3.8, 4) is 5.69 Å². The average Bonchev–Trinajstić information content (AvgIpc) is 2.64. The summed E-state index contributed by atoms with van der Waals surface area (Å²) in [5.41, 5.74) is 5.21. The molecule has 0 amide bonds. The Labute approximate surface area is 132 Å². The van der Waals surface area contributed by atoms with Crippen molar-refractivity contribution < 1.29 is 0 Å². The molecule has 0 unspecified atom stereocenters. The van der Waals surface area contributed by atoms with Crippen molar-refractivity contribution in [3.63, 3.8) is 0 Å². The van der Waals surface area contributed by atoms with Crippen molar-refractivity contribution in [1.82, 2.24) is 9.55 Å². The fourth-order valence-corrected chi connectivity index (χ4v) is 3.07. The lowest BCUT2D eigenvalue weighted by molar-refractivity contribution is 1.06. The van der Waals surface area contributed by atoms with Gasteiger partial charge in [0, 0.05) is 5.69 Å². The summed E-state index contributed by atoms with van der Waals surface area (Å²) in [7, 11) is 0. The van der Waals surface area contributed by atoms with Gasteiger partial charge in [-0.3, -0.25) is 4.57 Å². The van der Waals surface area contributed by atoms with Crippen molar-refractivity contribution in [2.24, 2.45) is 0 Å².